The summed E-state index contributed by atoms with van der Waals surface area (Å²) in [5, 5.41) is 10.5. The molecule has 1 heterocycles. The van der Waals surface area contributed by atoms with Gasteiger partial charge in [0.25, 0.3) is 5.88 Å². The van der Waals surface area contributed by atoms with Crippen molar-refractivity contribution < 1.29 is 19.4 Å². The van der Waals surface area contributed by atoms with Crippen molar-refractivity contribution in [1.82, 2.24) is 4.73 Å². The van der Waals surface area contributed by atoms with Crippen LogP contribution in [0.5, 0.6) is 11.6 Å². The predicted molar refractivity (Wildman–Crippen MR) is 130 cm³/mol. The molecule has 0 aliphatic heterocycles. The SMILES string of the molecule is CC=C(C)C(OC)C(C)C=C(C)C=CCC(C)=CCc1c(C)c(=O)c(OC)c(OC)n1O. The summed E-state index contributed by atoms with van der Waals surface area (Å²) in [4.78, 5) is 12.5. The van der Waals surface area contributed by atoms with E-state index in [4.69, 9.17) is 14.2 Å². The molecule has 2 unspecified atom stereocenters. The molecule has 2 atom stereocenters. The maximum absolute atomic E-state index is 12.5. The highest BCUT2D eigenvalue weighted by Gasteiger charge is 2.20. The van der Waals surface area contributed by atoms with Crippen LogP contribution in [-0.2, 0) is 11.2 Å². The van der Waals surface area contributed by atoms with Gasteiger partial charge < -0.3 is 19.4 Å². The molecule has 0 bridgehead atoms. The van der Waals surface area contributed by atoms with Gasteiger partial charge in [-0.3, -0.25) is 4.79 Å². The van der Waals surface area contributed by atoms with Gasteiger partial charge in [0.15, 0.2) is 0 Å². The number of aromatic nitrogens is 1. The van der Waals surface area contributed by atoms with Crippen LogP contribution in [0.3, 0.4) is 0 Å². The molecule has 0 aromatic carbocycles. The minimum absolute atomic E-state index is 0.00134. The zero-order valence-corrected chi connectivity index (χ0v) is 21.0. The number of methoxy groups -OCH3 is 3. The quantitative estimate of drug-likeness (QED) is 0.280. The molecular weight excluding hydrogens is 406 g/mol. The minimum atomic E-state index is -0.284. The summed E-state index contributed by atoms with van der Waals surface area (Å²) in [6.07, 6.45) is 11.8. The minimum Gasteiger partial charge on any atom is -0.488 e. The van der Waals surface area contributed by atoms with Gasteiger partial charge in [0.1, 0.15) is 0 Å². The first-order valence-corrected chi connectivity index (χ1v) is 10.8. The van der Waals surface area contributed by atoms with Gasteiger partial charge in [-0.1, -0.05) is 48.5 Å². The van der Waals surface area contributed by atoms with Crippen molar-refractivity contribution in [2.24, 2.45) is 5.92 Å². The fraction of sp³-hybridized carbons (Fsp3) is 0.500. The Balaban J connectivity index is 2.92. The molecule has 1 rings (SSSR count). The van der Waals surface area contributed by atoms with Crippen LogP contribution in [0.1, 0.15) is 52.3 Å². The van der Waals surface area contributed by atoms with Crippen molar-refractivity contribution in [3.63, 3.8) is 0 Å². The summed E-state index contributed by atoms with van der Waals surface area (Å²) in [6, 6.07) is 0. The van der Waals surface area contributed by atoms with Gasteiger partial charge >= 0.3 is 0 Å². The summed E-state index contributed by atoms with van der Waals surface area (Å²) in [5.74, 6) is 0.268. The van der Waals surface area contributed by atoms with E-state index < -0.39 is 0 Å². The summed E-state index contributed by atoms with van der Waals surface area (Å²) in [5.41, 5.74) is 4.15. The van der Waals surface area contributed by atoms with Gasteiger partial charge in [-0.15, -0.1) is 0 Å². The van der Waals surface area contributed by atoms with E-state index >= 15 is 0 Å². The number of pyridine rings is 1. The second-order valence-corrected chi connectivity index (χ2v) is 8.08. The van der Waals surface area contributed by atoms with E-state index in [1.807, 2.05) is 19.9 Å². The molecule has 6 nitrogen and oxygen atoms in total. The van der Waals surface area contributed by atoms with Crippen LogP contribution in [0.2, 0.25) is 0 Å². The molecule has 0 saturated heterocycles. The van der Waals surface area contributed by atoms with Gasteiger partial charge in [0.05, 0.1) is 26.0 Å². The van der Waals surface area contributed by atoms with Crippen molar-refractivity contribution in [2.45, 2.75) is 60.5 Å². The fourth-order valence-electron chi connectivity index (χ4n) is 3.70. The molecule has 0 aliphatic carbocycles. The van der Waals surface area contributed by atoms with Crippen LogP contribution in [0, 0.1) is 12.8 Å². The lowest BCUT2D eigenvalue weighted by Crippen LogP contribution is -2.20. The Labute approximate surface area is 192 Å². The Hall–Kier alpha value is -2.73. The standard InChI is InChI=1S/C26H39NO5/c1-10-19(4)24(30-7)20(5)16-18(3)13-11-12-17(2)14-15-22-21(6)23(28)25(31-8)26(32-9)27(22)29/h10-11,13-14,16,20,24,29H,12,15H2,1-9H3. The van der Waals surface area contributed by atoms with Crippen LogP contribution in [0.25, 0.3) is 0 Å². The van der Waals surface area contributed by atoms with Crippen molar-refractivity contribution >= 4 is 0 Å². The molecule has 1 aromatic rings. The first-order valence-electron chi connectivity index (χ1n) is 10.8. The normalized spacial score (nSPS) is 15.2. The van der Waals surface area contributed by atoms with Crippen LogP contribution in [0.15, 0.2) is 51.9 Å². The summed E-state index contributed by atoms with van der Waals surface area (Å²) < 4.78 is 16.8. The molecule has 1 N–H and O–H groups in total. The van der Waals surface area contributed by atoms with E-state index in [9.17, 15) is 10.0 Å². The van der Waals surface area contributed by atoms with Crippen LogP contribution < -0.4 is 14.9 Å². The van der Waals surface area contributed by atoms with E-state index in [-0.39, 0.29) is 29.1 Å². The number of hydrogen-bond donors (Lipinski definition) is 1. The Morgan fingerprint density at radius 2 is 1.81 bits per heavy atom. The van der Waals surface area contributed by atoms with E-state index in [2.05, 4.69) is 45.1 Å². The fourth-order valence-corrected chi connectivity index (χ4v) is 3.70. The average molecular weight is 446 g/mol. The van der Waals surface area contributed by atoms with Crippen molar-refractivity contribution in [2.75, 3.05) is 21.3 Å². The number of hydrogen-bond acceptors (Lipinski definition) is 5. The second-order valence-electron chi connectivity index (χ2n) is 8.08. The monoisotopic (exact) mass is 445 g/mol. The van der Waals surface area contributed by atoms with E-state index in [1.165, 1.54) is 25.4 Å². The lowest BCUT2D eigenvalue weighted by atomic mass is 9.95. The molecule has 0 spiro atoms. The van der Waals surface area contributed by atoms with E-state index in [1.54, 1.807) is 14.0 Å². The van der Waals surface area contributed by atoms with Crippen LogP contribution in [-0.4, -0.2) is 37.4 Å². The van der Waals surface area contributed by atoms with E-state index in [0.717, 1.165) is 16.7 Å². The van der Waals surface area contributed by atoms with Crippen LogP contribution >= 0.6 is 0 Å². The third-order valence-corrected chi connectivity index (χ3v) is 5.65. The number of ether oxygens (including phenoxy) is 3. The van der Waals surface area contributed by atoms with Gasteiger partial charge in [-0.05, 0) is 46.6 Å². The van der Waals surface area contributed by atoms with Crippen LogP contribution in [0.4, 0.5) is 0 Å². The molecule has 0 fully saturated rings. The number of allylic oxidation sites excluding steroid dienone is 6. The predicted octanol–water partition coefficient (Wildman–Crippen LogP) is 5.41. The Kier molecular flexibility index (Phi) is 11.1. The van der Waals surface area contributed by atoms with Gasteiger partial charge in [0.2, 0.25) is 11.2 Å². The van der Waals surface area contributed by atoms with Gasteiger partial charge in [0, 0.05) is 25.0 Å². The van der Waals surface area contributed by atoms with Gasteiger partial charge in [-0.25, -0.2) is 0 Å². The lowest BCUT2D eigenvalue weighted by Gasteiger charge is -2.21. The van der Waals surface area contributed by atoms with Crippen molar-refractivity contribution in [1.29, 1.82) is 0 Å². The summed E-state index contributed by atoms with van der Waals surface area (Å²) in [7, 11) is 4.51. The summed E-state index contributed by atoms with van der Waals surface area (Å²) in [6.45, 7) is 12.1. The average Bonchev–Trinajstić information content (AvgIpc) is 2.76. The maximum atomic E-state index is 12.5. The highest BCUT2D eigenvalue weighted by Crippen LogP contribution is 2.25. The Morgan fingerprint density at radius 1 is 1.16 bits per heavy atom. The zero-order valence-electron chi connectivity index (χ0n) is 21.0. The number of nitrogens with zero attached hydrogens (tertiary/aromatic N) is 1. The smallest absolute Gasteiger partial charge is 0.274 e. The molecular formula is C26H39NO5. The molecule has 6 heteroatoms. The molecule has 0 saturated carbocycles. The highest BCUT2D eigenvalue weighted by atomic mass is 16.6. The third kappa shape index (κ3) is 6.89. The molecule has 0 amide bonds. The van der Waals surface area contributed by atoms with Crippen molar-refractivity contribution in [3.8, 4) is 11.6 Å². The largest absolute Gasteiger partial charge is 0.488 e. The highest BCUT2D eigenvalue weighted by molar-refractivity contribution is 5.41. The van der Waals surface area contributed by atoms with Gasteiger partial charge in [-0.2, -0.15) is 4.73 Å². The van der Waals surface area contributed by atoms with Crippen molar-refractivity contribution in [3.05, 3.63) is 68.6 Å². The Bertz CT molecular complexity index is 950. The second kappa shape index (κ2) is 13.0. The topological polar surface area (TPSA) is 69.9 Å². The molecule has 32 heavy (non-hydrogen) atoms. The first kappa shape index (κ1) is 27.3. The molecule has 178 valence electrons. The lowest BCUT2D eigenvalue weighted by molar-refractivity contribution is 0.103. The maximum Gasteiger partial charge on any atom is 0.274 e. The molecule has 1 aromatic heterocycles. The number of rotatable bonds is 11. The zero-order chi connectivity index (χ0) is 24.4. The Morgan fingerprint density at radius 3 is 2.34 bits per heavy atom. The summed E-state index contributed by atoms with van der Waals surface area (Å²) >= 11 is 0. The first-order chi connectivity index (χ1) is 15.1. The molecule has 0 radical (unpaired) electrons. The van der Waals surface area contributed by atoms with E-state index in [0.29, 0.717) is 17.7 Å². The third-order valence-electron chi connectivity index (χ3n) is 5.65. The molecule has 0 aliphatic rings.